The number of benzene rings is 1. The second-order valence-corrected chi connectivity index (χ2v) is 6.31. The molecule has 0 saturated heterocycles. The van der Waals surface area contributed by atoms with Crippen molar-refractivity contribution in [2.45, 2.75) is 30.2 Å². The predicted octanol–water partition coefficient (Wildman–Crippen LogP) is 3.21. The number of alkyl halides is 3. The molecule has 1 aromatic carbocycles. The van der Waals surface area contributed by atoms with Crippen LogP contribution in [0.4, 0.5) is 18.9 Å². The molecule has 0 aliphatic rings. The normalized spacial score (nSPS) is 12.4. The minimum Gasteiger partial charge on any atom is -0.385 e. The van der Waals surface area contributed by atoms with Gasteiger partial charge in [0.25, 0.3) is 9.84 Å². The lowest BCUT2D eigenvalue weighted by Crippen LogP contribution is -2.23. The molecule has 1 N–H and O–H groups in total. The molecule has 8 heteroatoms. The average Bonchev–Trinajstić information content (AvgIpc) is 2.42. The fraction of sp³-hybridized carbons (Fsp3) is 0.538. The number of halogens is 3. The van der Waals surface area contributed by atoms with Crippen molar-refractivity contribution in [3.8, 4) is 0 Å². The molecule has 0 bridgehead atoms. The van der Waals surface area contributed by atoms with E-state index in [2.05, 4.69) is 5.32 Å². The Bertz CT molecular complexity index is 527. The van der Waals surface area contributed by atoms with Crippen LogP contribution >= 0.6 is 0 Å². The second-order valence-electron chi connectivity index (χ2n) is 4.37. The Kier molecular flexibility index (Phi) is 6.47. The second kappa shape index (κ2) is 7.65. The van der Waals surface area contributed by atoms with Crippen LogP contribution in [0.5, 0.6) is 0 Å². The standard InChI is InChI=1S/C13H18F3NO3S/c1-2-9-20-10-3-8-17-11-4-6-12(7-5-11)21(18,19)13(14,15)16/h4-7,17H,2-3,8-10H2,1H3. The number of anilines is 1. The topological polar surface area (TPSA) is 55.4 Å². The predicted molar refractivity (Wildman–Crippen MR) is 73.9 cm³/mol. The van der Waals surface area contributed by atoms with Gasteiger partial charge in [-0.25, -0.2) is 8.42 Å². The van der Waals surface area contributed by atoms with Gasteiger partial charge in [-0.15, -0.1) is 0 Å². The summed E-state index contributed by atoms with van der Waals surface area (Å²) in [5.41, 5.74) is -4.72. The third-order valence-corrected chi connectivity index (χ3v) is 4.11. The molecule has 1 rings (SSSR count). The summed E-state index contributed by atoms with van der Waals surface area (Å²) in [5.74, 6) is 0. The van der Waals surface area contributed by atoms with Crippen molar-refractivity contribution in [1.29, 1.82) is 0 Å². The van der Waals surface area contributed by atoms with E-state index in [1.54, 1.807) is 0 Å². The largest absolute Gasteiger partial charge is 0.501 e. The van der Waals surface area contributed by atoms with E-state index in [-0.39, 0.29) is 0 Å². The summed E-state index contributed by atoms with van der Waals surface area (Å²) in [6.45, 7) is 3.90. The Morgan fingerprint density at radius 3 is 2.29 bits per heavy atom. The van der Waals surface area contributed by atoms with Crippen molar-refractivity contribution in [3.05, 3.63) is 24.3 Å². The first-order valence-electron chi connectivity index (χ1n) is 6.52. The quantitative estimate of drug-likeness (QED) is 0.746. The van der Waals surface area contributed by atoms with Crippen LogP contribution in [0, 0.1) is 0 Å². The van der Waals surface area contributed by atoms with Gasteiger partial charge in [-0.05, 0) is 37.1 Å². The van der Waals surface area contributed by atoms with E-state index in [0.29, 0.717) is 25.4 Å². The molecule has 21 heavy (non-hydrogen) atoms. The van der Waals surface area contributed by atoms with E-state index in [0.717, 1.165) is 25.0 Å². The summed E-state index contributed by atoms with van der Waals surface area (Å²) in [7, 11) is -5.28. The van der Waals surface area contributed by atoms with Gasteiger partial charge in [-0.1, -0.05) is 6.92 Å². The summed E-state index contributed by atoms with van der Waals surface area (Å²) < 4.78 is 64.7. The molecule has 0 heterocycles. The van der Waals surface area contributed by atoms with Crippen molar-refractivity contribution in [3.63, 3.8) is 0 Å². The van der Waals surface area contributed by atoms with Crippen LogP contribution in [0.1, 0.15) is 19.8 Å². The molecule has 0 atom stereocenters. The van der Waals surface area contributed by atoms with Gasteiger partial charge in [-0.2, -0.15) is 13.2 Å². The Morgan fingerprint density at radius 1 is 1.14 bits per heavy atom. The maximum Gasteiger partial charge on any atom is 0.501 e. The van der Waals surface area contributed by atoms with Crippen LogP contribution in [-0.4, -0.2) is 33.7 Å². The third-order valence-electron chi connectivity index (χ3n) is 2.61. The zero-order chi connectivity index (χ0) is 15.9. The summed E-state index contributed by atoms with van der Waals surface area (Å²) in [6, 6.07) is 4.51. The van der Waals surface area contributed by atoms with Gasteiger partial charge in [0.05, 0.1) is 4.90 Å². The molecule has 0 aliphatic heterocycles. The van der Waals surface area contributed by atoms with E-state index in [4.69, 9.17) is 4.74 Å². The molecule has 0 radical (unpaired) electrons. The number of rotatable bonds is 8. The van der Waals surface area contributed by atoms with Gasteiger partial charge in [0.1, 0.15) is 0 Å². The Labute approximate surface area is 122 Å². The van der Waals surface area contributed by atoms with E-state index in [1.807, 2.05) is 6.92 Å². The lowest BCUT2D eigenvalue weighted by atomic mass is 10.3. The van der Waals surface area contributed by atoms with E-state index >= 15 is 0 Å². The van der Waals surface area contributed by atoms with Crippen molar-refractivity contribution in [2.24, 2.45) is 0 Å². The molecule has 0 unspecified atom stereocenters. The highest BCUT2D eigenvalue weighted by atomic mass is 32.2. The van der Waals surface area contributed by atoms with Crippen LogP contribution in [0.15, 0.2) is 29.2 Å². The van der Waals surface area contributed by atoms with E-state index < -0.39 is 20.2 Å². The van der Waals surface area contributed by atoms with Crippen LogP contribution in [-0.2, 0) is 14.6 Å². The maximum atomic E-state index is 12.4. The molecule has 4 nitrogen and oxygen atoms in total. The van der Waals surface area contributed by atoms with Crippen LogP contribution in [0.25, 0.3) is 0 Å². The Balaban J connectivity index is 2.52. The molecular weight excluding hydrogens is 307 g/mol. The van der Waals surface area contributed by atoms with Gasteiger partial charge < -0.3 is 10.1 Å². The summed E-state index contributed by atoms with van der Waals surface area (Å²) in [5, 5.41) is 2.98. The van der Waals surface area contributed by atoms with E-state index in [1.165, 1.54) is 12.1 Å². The molecule has 0 saturated carbocycles. The third kappa shape index (κ3) is 5.20. The van der Waals surface area contributed by atoms with E-state index in [9.17, 15) is 21.6 Å². The molecule has 0 spiro atoms. The maximum absolute atomic E-state index is 12.4. The zero-order valence-corrected chi connectivity index (χ0v) is 12.4. The first kappa shape index (κ1) is 17.8. The number of ether oxygens (including phenoxy) is 1. The first-order chi connectivity index (χ1) is 9.79. The number of nitrogens with one attached hydrogen (secondary N) is 1. The van der Waals surface area contributed by atoms with Gasteiger partial charge >= 0.3 is 5.51 Å². The summed E-state index contributed by atoms with van der Waals surface area (Å²) >= 11 is 0. The van der Waals surface area contributed by atoms with Crippen molar-refractivity contribution >= 4 is 15.5 Å². The van der Waals surface area contributed by atoms with Crippen molar-refractivity contribution in [2.75, 3.05) is 25.1 Å². The molecular formula is C13H18F3NO3S. The van der Waals surface area contributed by atoms with Gasteiger partial charge in [0, 0.05) is 25.4 Å². The lowest BCUT2D eigenvalue weighted by molar-refractivity contribution is -0.0436. The number of hydrogen-bond donors (Lipinski definition) is 1. The fourth-order valence-corrected chi connectivity index (χ4v) is 2.30. The van der Waals surface area contributed by atoms with Crippen LogP contribution in [0.3, 0.4) is 0 Å². The smallest absolute Gasteiger partial charge is 0.385 e. The highest BCUT2D eigenvalue weighted by Crippen LogP contribution is 2.30. The molecule has 0 aliphatic carbocycles. The number of hydrogen-bond acceptors (Lipinski definition) is 4. The number of sulfone groups is 1. The Morgan fingerprint density at radius 2 is 1.76 bits per heavy atom. The van der Waals surface area contributed by atoms with Gasteiger partial charge in [0.15, 0.2) is 0 Å². The van der Waals surface area contributed by atoms with Crippen LogP contribution < -0.4 is 5.32 Å². The molecule has 0 aromatic heterocycles. The molecule has 0 amide bonds. The summed E-state index contributed by atoms with van der Waals surface area (Å²) in [4.78, 5) is -0.758. The van der Waals surface area contributed by atoms with Crippen LogP contribution in [0.2, 0.25) is 0 Å². The molecule has 1 aromatic rings. The van der Waals surface area contributed by atoms with Gasteiger partial charge in [0.2, 0.25) is 0 Å². The van der Waals surface area contributed by atoms with Gasteiger partial charge in [-0.3, -0.25) is 0 Å². The molecule has 120 valence electrons. The lowest BCUT2D eigenvalue weighted by Gasteiger charge is -2.10. The first-order valence-corrected chi connectivity index (χ1v) is 8.00. The van der Waals surface area contributed by atoms with Crippen molar-refractivity contribution in [1.82, 2.24) is 0 Å². The fourth-order valence-electron chi connectivity index (χ4n) is 1.54. The minimum atomic E-state index is -5.28. The highest BCUT2D eigenvalue weighted by molar-refractivity contribution is 7.92. The summed E-state index contributed by atoms with van der Waals surface area (Å²) in [6.07, 6.45) is 1.70. The molecule has 0 fully saturated rings. The monoisotopic (exact) mass is 325 g/mol. The highest BCUT2D eigenvalue weighted by Gasteiger charge is 2.46. The zero-order valence-electron chi connectivity index (χ0n) is 11.6. The van der Waals surface area contributed by atoms with Crippen molar-refractivity contribution < 1.29 is 26.3 Å². The minimum absolute atomic E-state index is 0.562. The average molecular weight is 325 g/mol. The SMILES string of the molecule is CCCOCCCNc1ccc(S(=O)(=O)C(F)(F)F)cc1. The Hall–Kier alpha value is -1.28.